The average molecular weight is 434 g/mol. The van der Waals surface area contributed by atoms with Crippen molar-refractivity contribution in [1.29, 1.82) is 0 Å². The zero-order valence-electron chi connectivity index (χ0n) is 18.2. The molecule has 2 aromatic heterocycles. The Morgan fingerprint density at radius 2 is 1.88 bits per heavy atom. The summed E-state index contributed by atoms with van der Waals surface area (Å²) in [7, 11) is 0. The quantitative estimate of drug-likeness (QED) is 0.351. The summed E-state index contributed by atoms with van der Waals surface area (Å²) >= 11 is 0. The highest BCUT2D eigenvalue weighted by molar-refractivity contribution is 5.91. The fraction of sp³-hybridized carbons (Fsp3) is 0.333. The topological polar surface area (TPSA) is 95.1 Å². The second-order valence-corrected chi connectivity index (χ2v) is 7.39. The summed E-state index contributed by atoms with van der Waals surface area (Å²) in [6, 6.07) is 17.5. The number of nitrogens with zero attached hydrogens (tertiary/aromatic N) is 4. The molecule has 1 N–H and O–H groups in total. The summed E-state index contributed by atoms with van der Waals surface area (Å²) in [5.41, 5.74) is 2.74. The number of carbonyl (C=O) groups excluding carboxylic acids is 1. The molecule has 0 saturated heterocycles. The van der Waals surface area contributed by atoms with Crippen LogP contribution in [0, 0.1) is 0 Å². The van der Waals surface area contributed by atoms with Crippen LogP contribution in [0.25, 0.3) is 22.5 Å². The van der Waals surface area contributed by atoms with Gasteiger partial charge in [-0.05, 0) is 44.0 Å². The third-order valence-electron chi connectivity index (χ3n) is 5.06. The molecule has 0 bridgehead atoms. The van der Waals surface area contributed by atoms with Gasteiger partial charge >= 0.3 is 0 Å². The molecule has 0 atom stereocenters. The summed E-state index contributed by atoms with van der Waals surface area (Å²) in [5, 5.41) is 11.1. The minimum absolute atomic E-state index is 0.0887. The SMILES string of the molecule is CCOCCCn1c(NC(=O)CCCc2nnc(-c3ccccc3)o2)nc2ccccc21. The van der Waals surface area contributed by atoms with Crippen LogP contribution in [0.1, 0.15) is 32.1 Å². The maximum Gasteiger partial charge on any atom is 0.247 e. The zero-order valence-corrected chi connectivity index (χ0v) is 18.2. The minimum Gasteiger partial charge on any atom is -0.421 e. The molecule has 8 heteroatoms. The predicted octanol–water partition coefficient (Wildman–Crippen LogP) is 4.47. The van der Waals surface area contributed by atoms with Crippen molar-refractivity contribution in [2.24, 2.45) is 0 Å². The van der Waals surface area contributed by atoms with Crippen molar-refractivity contribution in [1.82, 2.24) is 19.7 Å². The standard InChI is InChI=1S/C24H27N5O3/c1-2-31-17-9-16-29-20-13-7-6-12-19(20)25-24(29)26-21(30)14-8-15-22-27-28-23(32-22)18-10-4-3-5-11-18/h3-7,10-13H,2,8-9,14-17H2,1H3,(H,25,26,30). The molecule has 0 fully saturated rings. The number of para-hydroxylation sites is 2. The van der Waals surface area contributed by atoms with E-state index in [1.807, 2.05) is 66.1 Å². The van der Waals surface area contributed by atoms with Gasteiger partial charge in [0.2, 0.25) is 23.6 Å². The van der Waals surface area contributed by atoms with Crippen molar-refractivity contribution in [3.05, 3.63) is 60.5 Å². The normalized spacial score (nSPS) is 11.2. The summed E-state index contributed by atoms with van der Waals surface area (Å²) in [5.74, 6) is 1.50. The fourth-order valence-corrected chi connectivity index (χ4v) is 3.51. The Morgan fingerprint density at radius 1 is 1.06 bits per heavy atom. The lowest BCUT2D eigenvalue weighted by Crippen LogP contribution is -2.16. The molecule has 2 heterocycles. The van der Waals surface area contributed by atoms with Gasteiger partial charge in [0, 0.05) is 38.2 Å². The van der Waals surface area contributed by atoms with Crippen LogP contribution in [-0.2, 0) is 22.5 Å². The zero-order chi connectivity index (χ0) is 22.2. The number of amides is 1. The number of imidazole rings is 1. The first-order chi connectivity index (χ1) is 15.7. The van der Waals surface area contributed by atoms with Gasteiger partial charge in [-0.1, -0.05) is 30.3 Å². The van der Waals surface area contributed by atoms with Crippen molar-refractivity contribution in [2.75, 3.05) is 18.5 Å². The first-order valence-corrected chi connectivity index (χ1v) is 10.9. The van der Waals surface area contributed by atoms with Gasteiger partial charge in [0.15, 0.2) is 0 Å². The molecule has 0 radical (unpaired) electrons. The third kappa shape index (κ3) is 5.39. The van der Waals surface area contributed by atoms with Gasteiger partial charge in [0.05, 0.1) is 11.0 Å². The maximum absolute atomic E-state index is 12.6. The molecule has 32 heavy (non-hydrogen) atoms. The lowest BCUT2D eigenvalue weighted by molar-refractivity contribution is -0.116. The number of carbonyl (C=O) groups is 1. The number of fused-ring (bicyclic) bond motifs is 1. The number of rotatable bonds is 11. The van der Waals surface area contributed by atoms with Crippen LogP contribution in [0.5, 0.6) is 0 Å². The van der Waals surface area contributed by atoms with Crippen LogP contribution in [0.15, 0.2) is 59.0 Å². The lowest BCUT2D eigenvalue weighted by Gasteiger charge is -2.10. The first-order valence-electron chi connectivity index (χ1n) is 10.9. The number of hydrogen-bond acceptors (Lipinski definition) is 6. The maximum atomic E-state index is 12.6. The Bertz CT molecular complexity index is 1150. The third-order valence-corrected chi connectivity index (χ3v) is 5.06. The van der Waals surface area contributed by atoms with E-state index in [1.165, 1.54) is 0 Å². The average Bonchev–Trinajstić information content (AvgIpc) is 3.42. The van der Waals surface area contributed by atoms with Crippen molar-refractivity contribution in [3.8, 4) is 11.5 Å². The molecule has 0 aliphatic heterocycles. The second kappa shape index (κ2) is 10.7. The summed E-state index contributed by atoms with van der Waals surface area (Å²) < 4.78 is 13.2. The van der Waals surface area contributed by atoms with E-state index < -0.39 is 0 Å². The number of hydrogen-bond donors (Lipinski definition) is 1. The molecule has 1 amide bonds. The Balaban J connectivity index is 1.33. The molecule has 0 saturated carbocycles. The Labute approximate surface area is 186 Å². The van der Waals surface area contributed by atoms with Crippen LogP contribution >= 0.6 is 0 Å². The van der Waals surface area contributed by atoms with Crippen LogP contribution in [0.4, 0.5) is 5.95 Å². The highest BCUT2D eigenvalue weighted by Crippen LogP contribution is 2.21. The van der Waals surface area contributed by atoms with Gasteiger partial charge in [0.1, 0.15) is 0 Å². The molecule has 0 aliphatic rings. The van der Waals surface area contributed by atoms with E-state index in [0.29, 0.717) is 50.2 Å². The van der Waals surface area contributed by atoms with Crippen LogP contribution in [-0.4, -0.2) is 38.9 Å². The van der Waals surface area contributed by atoms with Crippen LogP contribution in [0.2, 0.25) is 0 Å². The van der Waals surface area contributed by atoms with E-state index in [1.54, 1.807) is 0 Å². The molecule has 0 aliphatic carbocycles. The number of aromatic nitrogens is 4. The summed E-state index contributed by atoms with van der Waals surface area (Å²) in [6.45, 7) is 4.07. The van der Waals surface area contributed by atoms with Gasteiger partial charge < -0.3 is 13.7 Å². The van der Waals surface area contributed by atoms with Gasteiger partial charge in [-0.3, -0.25) is 10.1 Å². The molecule has 0 spiro atoms. The first kappa shape index (κ1) is 21.7. The molecular weight excluding hydrogens is 406 g/mol. The Morgan fingerprint density at radius 3 is 2.72 bits per heavy atom. The molecule has 0 unspecified atom stereocenters. The second-order valence-electron chi connectivity index (χ2n) is 7.39. The highest BCUT2D eigenvalue weighted by atomic mass is 16.5. The largest absolute Gasteiger partial charge is 0.421 e. The van der Waals surface area contributed by atoms with E-state index in [0.717, 1.165) is 29.6 Å². The number of anilines is 1. The van der Waals surface area contributed by atoms with Crippen molar-refractivity contribution in [2.45, 2.75) is 39.2 Å². The number of nitrogens with one attached hydrogen (secondary N) is 1. The van der Waals surface area contributed by atoms with E-state index in [-0.39, 0.29) is 5.91 Å². The highest BCUT2D eigenvalue weighted by Gasteiger charge is 2.14. The van der Waals surface area contributed by atoms with E-state index in [9.17, 15) is 4.79 Å². The lowest BCUT2D eigenvalue weighted by atomic mass is 10.2. The summed E-state index contributed by atoms with van der Waals surface area (Å²) in [4.78, 5) is 17.2. The van der Waals surface area contributed by atoms with Gasteiger partial charge in [-0.15, -0.1) is 10.2 Å². The van der Waals surface area contributed by atoms with E-state index >= 15 is 0 Å². The van der Waals surface area contributed by atoms with E-state index in [4.69, 9.17) is 9.15 Å². The molecule has 166 valence electrons. The molecule has 4 rings (SSSR count). The van der Waals surface area contributed by atoms with E-state index in [2.05, 4.69) is 20.5 Å². The molecule has 8 nitrogen and oxygen atoms in total. The van der Waals surface area contributed by atoms with Gasteiger partial charge in [0.25, 0.3) is 0 Å². The van der Waals surface area contributed by atoms with Gasteiger partial charge in [-0.25, -0.2) is 4.98 Å². The fourth-order valence-electron chi connectivity index (χ4n) is 3.51. The van der Waals surface area contributed by atoms with Crippen molar-refractivity contribution in [3.63, 3.8) is 0 Å². The minimum atomic E-state index is -0.0887. The Hall–Kier alpha value is -3.52. The summed E-state index contributed by atoms with van der Waals surface area (Å²) in [6.07, 6.45) is 2.33. The monoisotopic (exact) mass is 433 g/mol. The predicted molar refractivity (Wildman–Crippen MR) is 122 cm³/mol. The number of benzene rings is 2. The van der Waals surface area contributed by atoms with Crippen molar-refractivity contribution >= 4 is 22.9 Å². The number of ether oxygens (including phenoxy) is 1. The van der Waals surface area contributed by atoms with Crippen molar-refractivity contribution < 1.29 is 13.9 Å². The van der Waals surface area contributed by atoms with Crippen LogP contribution < -0.4 is 5.32 Å². The smallest absolute Gasteiger partial charge is 0.247 e. The molecule has 2 aromatic carbocycles. The Kier molecular flexibility index (Phi) is 7.24. The number of aryl methyl sites for hydroxylation is 2. The van der Waals surface area contributed by atoms with Gasteiger partial charge in [-0.2, -0.15) is 0 Å². The molecular formula is C24H27N5O3. The van der Waals surface area contributed by atoms with Crippen LogP contribution in [0.3, 0.4) is 0 Å². The molecule has 4 aromatic rings.